The van der Waals surface area contributed by atoms with E-state index in [9.17, 15) is 8.42 Å². The molecule has 0 radical (unpaired) electrons. The minimum atomic E-state index is -4.10. The molecule has 0 atom stereocenters. The van der Waals surface area contributed by atoms with Crippen molar-refractivity contribution in [1.82, 2.24) is 9.78 Å². The second-order valence-electron chi connectivity index (χ2n) is 4.15. The Balaban J connectivity index is 2.62. The molecule has 0 bridgehead atoms. The Labute approximate surface area is 126 Å². The lowest BCUT2D eigenvalue weighted by Gasteiger charge is -2.07. The van der Waals surface area contributed by atoms with Crippen LogP contribution < -0.4 is 4.74 Å². The molecule has 21 heavy (non-hydrogen) atoms. The second-order valence-corrected chi connectivity index (χ2v) is 6.64. The summed E-state index contributed by atoms with van der Waals surface area (Å²) in [7, 11) is 1.32. The molecule has 0 aliphatic carbocycles. The van der Waals surface area contributed by atoms with Crippen LogP contribution in [0.15, 0.2) is 29.3 Å². The molecule has 0 spiro atoms. The number of rotatable bonds is 4. The van der Waals surface area contributed by atoms with Gasteiger partial charge in [0.15, 0.2) is 5.03 Å². The highest BCUT2D eigenvalue weighted by Gasteiger charge is 2.26. The van der Waals surface area contributed by atoms with E-state index in [-0.39, 0.29) is 10.6 Å². The Morgan fingerprint density at radius 2 is 2.00 bits per heavy atom. The molecule has 0 unspecified atom stereocenters. The van der Waals surface area contributed by atoms with Crippen LogP contribution in [0.25, 0.3) is 5.69 Å². The van der Waals surface area contributed by atoms with E-state index in [1.165, 1.54) is 0 Å². The number of aryl methyl sites for hydroxylation is 1. The number of hydrogen-bond donors (Lipinski definition) is 0. The van der Waals surface area contributed by atoms with Crippen LogP contribution in [-0.4, -0.2) is 24.8 Å². The van der Waals surface area contributed by atoms with Gasteiger partial charge < -0.3 is 4.74 Å². The summed E-state index contributed by atoms with van der Waals surface area (Å²) in [6.45, 7) is 3.94. The molecule has 0 aliphatic heterocycles. The molecule has 1 aromatic carbocycles. The zero-order valence-electron chi connectivity index (χ0n) is 11.4. The summed E-state index contributed by atoms with van der Waals surface area (Å²) in [6.07, 6.45) is 0. The van der Waals surface area contributed by atoms with Gasteiger partial charge in [-0.3, -0.25) is 0 Å². The van der Waals surface area contributed by atoms with Crippen LogP contribution in [0.3, 0.4) is 0 Å². The lowest BCUT2D eigenvalue weighted by atomic mass is 10.3. The van der Waals surface area contributed by atoms with E-state index >= 15 is 0 Å². The largest absolute Gasteiger partial charge is 0.494 e. The summed E-state index contributed by atoms with van der Waals surface area (Å²) in [6, 6.07) is 8.48. The number of hydrogen-bond acceptors (Lipinski definition) is 5. The molecular weight excluding hydrogens is 314 g/mol. The molecule has 0 saturated heterocycles. The van der Waals surface area contributed by atoms with Gasteiger partial charge >= 0.3 is 0 Å². The standard InChI is InChI=1S/C13H12ClN3O3S/c1-3-20-11-6-4-10(5-7-11)17-13(21(14,18)19)12(8-15)9(2)16-17/h4-7H,3H2,1-2H3. The van der Waals surface area contributed by atoms with Crippen LogP contribution in [0.2, 0.25) is 0 Å². The molecule has 1 heterocycles. The summed E-state index contributed by atoms with van der Waals surface area (Å²) in [5.74, 6) is 0.654. The fraction of sp³-hybridized carbons (Fsp3) is 0.231. The minimum absolute atomic E-state index is 0.0566. The normalized spacial score (nSPS) is 11.1. The Kier molecular flexibility index (Phi) is 4.21. The molecule has 1 aromatic heterocycles. The first-order valence-electron chi connectivity index (χ1n) is 6.06. The van der Waals surface area contributed by atoms with Gasteiger partial charge in [0.1, 0.15) is 17.4 Å². The minimum Gasteiger partial charge on any atom is -0.494 e. The van der Waals surface area contributed by atoms with E-state index in [0.29, 0.717) is 23.7 Å². The number of halogens is 1. The fourth-order valence-electron chi connectivity index (χ4n) is 1.89. The predicted octanol–water partition coefficient (Wildman–Crippen LogP) is 2.38. The summed E-state index contributed by atoms with van der Waals surface area (Å²) >= 11 is 0. The summed E-state index contributed by atoms with van der Waals surface area (Å²) in [4.78, 5) is 0. The molecule has 2 rings (SSSR count). The van der Waals surface area contributed by atoms with Crippen molar-refractivity contribution in [2.24, 2.45) is 0 Å². The molecular formula is C13H12ClN3O3S. The topological polar surface area (TPSA) is 85.0 Å². The van der Waals surface area contributed by atoms with E-state index in [1.54, 1.807) is 31.2 Å². The molecule has 8 heteroatoms. The van der Waals surface area contributed by atoms with Crippen LogP contribution in [0.1, 0.15) is 18.2 Å². The second kappa shape index (κ2) is 5.76. The summed E-state index contributed by atoms with van der Waals surface area (Å²) in [5, 5.41) is 12.8. The zero-order chi connectivity index (χ0) is 15.6. The first kappa shape index (κ1) is 15.4. The number of aromatic nitrogens is 2. The van der Waals surface area contributed by atoms with Crippen molar-refractivity contribution in [3.63, 3.8) is 0 Å². The number of ether oxygens (including phenoxy) is 1. The molecule has 0 saturated carbocycles. The number of benzene rings is 1. The monoisotopic (exact) mass is 325 g/mol. The molecule has 0 aliphatic rings. The average molecular weight is 326 g/mol. The predicted molar refractivity (Wildman–Crippen MR) is 77.2 cm³/mol. The molecule has 6 nitrogen and oxygen atoms in total. The maximum atomic E-state index is 11.7. The van der Waals surface area contributed by atoms with Gasteiger partial charge in [-0.1, -0.05) is 0 Å². The van der Waals surface area contributed by atoms with Gasteiger partial charge in [-0.2, -0.15) is 10.4 Å². The van der Waals surface area contributed by atoms with Gasteiger partial charge in [0, 0.05) is 10.7 Å². The highest BCUT2D eigenvalue weighted by molar-refractivity contribution is 8.13. The molecule has 0 amide bonds. The van der Waals surface area contributed by atoms with Crippen molar-refractivity contribution < 1.29 is 13.2 Å². The maximum Gasteiger partial charge on any atom is 0.280 e. The van der Waals surface area contributed by atoms with Gasteiger partial charge in [0.2, 0.25) is 0 Å². The first-order chi connectivity index (χ1) is 9.88. The van der Waals surface area contributed by atoms with E-state index in [4.69, 9.17) is 20.7 Å². The average Bonchev–Trinajstić information content (AvgIpc) is 2.76. The van der Waals surface area contributed by atoms with Gasteiger partial charge in [-0.05, 0) is 38.1 Å². The lowest BCUT2D eigenvalue weighted by Crippen LogP contribution is -2.06. The van der Waals surface area contributed by atoms with E-state index in [0.717, 1.165) is 4.68 Å². The molecule has 110 valence electrons. The van der Waals surface area contributed by atoms with Crippen LogP contribution in [0.4, 0.5) is 0 Å². The number of nitriles is 1. The van der Waals surface area contributed by atoms with Crippen molar-refractivity contribution >= 4 is 19.7 Å². The van der Waals surface area contributed by atoms with Gasteiger partial charge in [0.05, 0.1) is 18.0 Å². The maximum absolute atomic E-state index is 11.7. The Hall–Kier alpha value is -2.04. The first-order valence-corrected chi connectivity index (χ1v) is 8.37. The SMILES string of the molecule is CCOc1ccc(-n2nc(C)c(C#N)c2S(=O)(=O)Cl)cc1. The lowest BCUT2D eigenvalue weighted by molar-refractivity contribution is 0.340. The summed E-state index contributed by atoms with van der Waals surface area (Å²) in [5.41, 5.74) is 0.715. The van der Waals surface area contributed by atoms with Crippen molar-refractivity contribution in [2.75, 3.05) is 6.61 Å². The smallest absolute Gasteiger partial charge is 0.280 e. The van der Waals surface area contributed by atoms with Crippen molar-refractivity contribution in [1.29, 1.82) is 5.26 Å². The molecule has 0 N–H and O–H groups in total. The molecule has 0 fully saturated rings. The van der Waals surface area contributed by atoms with Crippen LogP contribution in [0, 0.1) is 18.3 Å². The third-order valence-corrected chi connectivity index (χ3v) is 4.03. The fourth-order valence-corrected chi connectivity index (χ4v) is 3.10. The third-order valence-electron chi connectivity index (χ3n) is 2.75. The quantitative estimate of drug-likeness (QED) is 0.806. The Bertz CT molecular complexity index is 804. The van der Waals surface area contributed by atoms with Crippen LogP contribution in [0.5, 0.6) is 5.75 Å². The van der Waals surface area contributed by atoms with E-state index in [1.807, 2.05) is 13.0 Å². The third kappa shape index (κ3) is 3.01. The van der Waals surface area contributed by atoms with Gasteiger partial charge in [0.25, 0.3) is 9.05 Å². The highest BCUT2D eigenvalue weighted by Crippen LogP contribution is 2.26. The van der Waals surface area contributed by atoms with Gasteiger partial charge in [-0.15, -0.1) is 0 Å². The van der Waals surface area contributed by atoms with Crippen LogP contribution >= 0.6 is 10.7 Å². The zero-order valence-corrected chi connectivity index (χ0v) is 12.9. The van der Waals surface area contributed by atoms with Gasteiger partial charge in [-0.25, -0.2) is 13.1 Å². The number of nitrogens with zero attached hydrogens (tertiary/aromatic N) is 3. The highest BCUT2D eigenvalue weighted by atomic mass is 35.7. The van der Waals surface area contributed by atoms with Crippen molar-refractivity contribution in [2.45, 2.75) is 18.9 Å². The van der Waals surface area contributed by atoms with Crippen molar-refractivity contribution in [3.05, 3.63) is 35.5 Å². The van der Waals surface area contributed by atoms with E-state index < -0.39 is 9.05 Å². The van der Waals surface area contributed by atoms with Crippen molar-refractivity contribution in [3.8, 4) is 17.5 Å². The Morgan fingerprint density at radius 3 is 2.48 bits per heavy atom. The van der Waals surface area contributed by atoms with Crippen LogP contribution in [-0.2, 0) is 9.05 Å². The van der Waals surface area contributed by atoms with E-state index in [2.05, 4.69) is 5.10 Å². The summed E-state index contributed by atoms with van der Waals surface area (Å²) < 4.78 is 29.9. The Morgan fingerprint density at radius 1 is 1.38 bits per heavy atom. The molecule has 2 aromatic rings.